The van der Waals surface area contributed by atoms with Crippen LogP contribution in [-0.4, -0.2) is 47.6 Å². The average Bonchev–Trinajstić information content (AvgIpc) is 3.53. The Bertz CT molecular complexity index is 1530. The van der Waals surface area contributed by atoms with Crippen LogP contribution in [0.1, 0.15) is 44.2 Å². The Labute approximate surface area is 201 Å². The summed E-state index contributed by atoms with van der Waals surface area (Å²) in [6.07, 6.45) is 12.7. The van der Waals surface area contributed by atoms with Gasteiger partial charge in [-0.25, -0.2) is 4.98 Å². The van der Waals surface area contributed by atoms with Gasteiger partial charge in [-0.1, -0.05) is 13.3 Å². The monoisotopic (exact) mass is 467 g/mol. The highest BCUT2D eigenvalue weighted by atomic mass is 16.1. The molecule has 1 aliphatic rings. The summed E-state index contributed by atoms with van der Waals surface area (Å²) >= 11 is 0. The van der Waals surface area contributed by atoms with Crippen molar-refractivity contribution in [2.24, 2.45) is 0 Å². The van der Waals surface area contributed by atoms with Crippen LogP contribution in [-0.2, 0) is 4.79 Å². The standard InChI is InChI=1S/C25H25N9O/c1-2-22(35)30-15-7-14(9-26-10-15)19-8-16-20(13-29-19)33-34-24(16)25-31-21-12-27-11-17(23(21)32-25)18-5-3-4-6-28-18/h7-13,18,28H,2-6H2,1H3,(H,30,35)(H,31,32)(H,33,34). The number of aromatic amines is 2. The third kappa shape index (κ3) is 4.01. The maximum atomic E-state index is 11.8. The van der Waals surface area contributed by atoms with E-state index in [1.807, 2.05) is 31.5 Å². The second kappa shape index (κ2) is 8.88. The third-order valence-corrected chi connectivity index (χ3v) is 6.42. The molecule has 5 aromatic heterocycles. The number of carbonyl (C=O) groups is 1. The SMILES string of the molecule is CCC(=O)Nc1cncc(-c2cc3c(-c4nc5c(C6CCCCN6)cncc5[nH]4)n[nH]c3cn2)c1. The summed E-state index contributed by atoms with van der Waals surface area (Å²) in [5.74, 6) is 0.613. The molecule has 1 unspecified atom stereocenters. The molecule has 10 nitrogen and oxygen atoms in total. The van der Waals surface area contributed by atoms with E-state index in [1.54, 1.807) is 18.6 Å². The molecule has 0 radical (unpaired) electrons. The first-order valence-corrected chi connectivity index (χ1v) is 11.9. The fourth-order valence-corrected chi connectivity index (χ4v) is 4.59. The Morgan fingerprint density at radius 1 is 1.09 bits per heavy atom. The van der Waals surface area contributed by atoms with Gasteiger partial charge in [-0.2, -0.15) is 5.10 Å². The van der Waals surface area contributed by atoms with Crippen molar-refractivity contribution in [2.75, 3.05) is 11.9 Å². The Morgan fingerprint density at radius 2 is 2.00 bits per heavy atom. The van der Waals surface area contributed by atoms with Crippen molar-refractivity contribution in [3.63, 3.8) is 0 Å². The molecule has 0 aromatic carbocycles. The molecule has 1 amide bonds. The van der Waals surface area contributed by atoms with Crippen LogP contribution in [0.15, 0.2) is 43.1 Å². The molecule has 6 heterocycles. The van der Waals surface area contributed by atoms with Gasteiger partial charge in [-0.3, -0.25) is 24.8 Å². The van der Waals surface area contributed by atoms with Crippen LogP contribution < -0.4 is 10.6 Å². The number of nitrogens with one attached hydrogen (secondary N) is 4. The lowest BCUT2D eigenvalue weighted by molar-refractivity contribution is -0.115. The van der Waals surface area contributed by atoms with E-state index in [9.17, 15) is 4.79 Å². The maximum Gasteiger partial charge on any atom is 0.224 e. The predicted octanol–water partition coefficient (Wildman–Crippen LogP) is 4.12. The Morgan fingerprint density at radius 3 is 2.86 bits per heavy atom. The first-order valence-electron chi connectivity index (χ1n) is 11.9. The number of pyridine rings is 3. The second-order valence-corrected chi connectivity index (χ2v) is 8.76. The molecular weight excluding hydrogens is 442 g/mol. The van der Waals surface area contributed by atoms with E-state index in [0.29, 0.717) is 23.6 Å². The van der Waals surface area contributed by atoms with E-state index in [4.69, 9.17) is 4.98 Å². The zero-order valence-electron chi connectivity index (χ0n) is 19.3. The van der Waals surface area contributed by atoms with E-state index in [-0.39, 0.29) is 11.9 Å². The lowest BCUT2D eigenvalue weighted by Crippen LogP contribution is -2.27. The van der Waals surface area contributed by atoms with Crippen molar-refractivity contribution in [3.05, 3.63) is 48.7 Å². The topological polar surface area (TPSA) is 137 Å². The van der Waals surface area contributed by atoms with Crippen LogP contribution in [0.2, 0.25) is 0 Å². The molecule has 0 spiro atoms. The largest absolute Gasteiger partial charge is 0.335 e. The van der Waals surface area contributed by atoms with Crippen molar-refractivity contribution in [1.29, 1.82) is 0 Å². The van der Waals surface area contributed by atoms with E-state index in [2.05, 4.69) is 40.8 Å². The number of hydrogen-bond acceptors (Lipinski definition) is 7. The molecule has 6 rings (SSSR count). The smallest absolute Gasteiger partial charge is 0.224 e. The number of H-pyrrole nitrogens is 2. The molecule has 176 valence electrons. The molecule has 0 bridgehead atoms. The first kappa shape index (κ1) is 21.4. The van der Waals surface area contributed by atoms with Gasteiger partial charge in [0.1, 0.15) is 5.69 Å². The summed E-state index contributed by atoms with van der Waals surface area (Å²) in [6, 6.07) is 4.09. The predicted molar refractivity (Wildman–Crippen MR) is 134 cm³/mol. The molecule has 5 aromatic rings. The molecule has 0 saturated carbocycles. The maximum absolute atomic E-state index is 11.8. The number of imidazole rings is 1. The van der Waals surface area contributed by atoms with Crippen molar-refractivity contribution in [3.8, 4) is 22.8 Å². The highest BCUT2D eigenvalue weighted by Crippen LogP contribution is 2.32. The van der Waals surface area contributed by atoms with Crippen molar-refractivity contribution in [2.45, 2.75) is 38.6 Å². The normalized spacial score (nSPS) is 16.1. The van der Waals surface area contributed by atoms with Gasteiger partial charge in [0.05, 0.1) is 46.5 Å². The van der Waals surface area contributed by atoms with Gasteiger partial charge in [-0.05, 0) is 31.5 Å². The second-order valence-electron chi connectivity index (χ2n) is 8.76. The summed E-state index contributed by atoms with van der Waals surface area (Å²) < 4.78 is 0. The number of nitrogens with zero attached hydrogens (tertiary/aromatic N) is 5. The highest BCUT2D eigenvalue weighted by Gasteiger charge is 2.21. The Hall–Kier alpha value is -4.18. The van der Waals surface area contributed by atoms with Crippen LogP contribution in [0.5, 0.6) is 0 Å². The van der Waals surface area contributed by atoms with Crippen LogP contribution in [0.3, 0.4) is 0 Å². The Kier molecular flexibility index (Phi) is 5.42. The lowest BCUT2D eigenvalue weighted by Gasteiger charge is -2.23. The number of aromatic nitrogens is 7. The summed E-state index contributed by atoms with van der Waals surface area (Å²) in [5, 5.41) is 14.9. The van der Waals surface area contributed by atoms with Gasteiger partial charge in [0.25, 0.3) is 0 Å². The molecule has 1 aliphatic heterocycles. The third-order valence-electron chi connectivity index (χ3n) is 6.42. The minimum Gasteiger partial charge on any atom is -0.335 e. The molecule has 1 saturated heterocycles. The van der Waals surface area contributed by atoms with Crippen molar-refractivity contribution >= 4 is 33.5 Å². The summed E-state index contributed by atoms with van der Waals surface area (Å²) in [7, 11) is 0. The average molecular weight is 468 g/mol. The van der Waals surface area contributed by atoms with Crippen LogP contribution in [0.4, 0.5) is 5.69 Å². The zero-order valence-corrected chi connectivity index (χ0v) is 19.3. The molecule has 1 fully saturated rings. The van der Waals surface area contributed by atoms with Gasteiger partial charge in [0.2, 0.25) is 5.91 Å². The van der Waals surface area contributed by atoms with Crippen molar-refractivity contribution < 1.29 is 4.79 Å². The molecule has 10 heteroatoms. The lowest BCUT2D eigenvalue weighted by atomic mass is 9.98. The molecular formula is C25H25N9O. The molecule has 1 atom stereocenters. The van der Waals surface area contributed by atoms with E-state index in [0.717, 1.165) is 51.7 Å². The number of amides is 1. The number of anilines is 1. The highest BCUT2D eigenvalue weighted by molar-refractivity contribution is 5.95. The minimum atomic E-state index is -0.0633. The molecule has 4 N–H and O–H groups in total. The number of hydrogen-bond donors (Lipinski definition) is 4. The van der Waals surface area contributed by atoms with Crippen molar-refractivity contribution in [1.82, 2.24) is 40.4 Å². The minimum absolute atomic E-state index is 0.0633. The van der Waals surface area contributed by atoms with Crippen LogP contribution in [0, 0.1) is 0 Å². The van der Waals surface area contributed by atoms with Gasteiger partial charge >= 0.3 is 0 Å². The zero-order chi connectivity index (χ0) is 23.8. The van der Waals surface area contributed by atoms with E-state index < -0.39 is 0 Å². The van der Waals surface area contributed by atoms with E-state index >= 15 is 0 Å². The van der Waals surface area contributed by atoms with Crippen LogP contribution in [0.25, 0.3) is 44.7 Å². The number of piperidine rings is 1. The first-order chi connectivity index (χ1) is 17.2. The van der Waals surface area contributed by atoms with Crippen LogP contribution >= 0.6 is 0 Å². The number of carbonyl (C=O) groups excluding carboxylic acids is 1. The number of fused-ring (bicyclic) bond motifs is 2. The number of rotatable bonds is 5. The fraction of sp³-hybridized carbons (Fsp3) is 0.280. The van der Waals surface area contributed by atoms with Gasteiger partial charge in [0, 0.05) is 41.4 Å². The molecule has 0 aliphatic carbocycles. The van der Waals surface area contributed by atoms with Gasteiger partial charge in [-0.15, -0.1) is 0 Å². The van der Waals surface area contributed by atoms with E-state index in [1.165, 1.54) is 12.8 Å². The summed E-state index contributed by atoms with van der Waals surface area (Å²) in [6.45, 7) is 2.82. The van der Waals surface area contributed by atoms with Gasteiger partial charge in [0.15, 0.2) is 5.82 Å². The summed E-state index contributed by atoms with van der Waals surface area (Å²) in [4.78, 5) is 33.4. The quantitative estimate of drug-likeness (QED) is 0.305. The molecule has 35 heavy (non-hydrogen) atoms. The van der Waals surface area contributed by atoms with Gasteiger partial charge < -0.3 is 15.6 Å². The summed E-state index contributed by atoms with van der Waals surface area (Å²) in [5.41, 5.74) is 6.60. The fourth-order valence-electron chi connectivity index (χ4n) is 4.59. The Balaban J connectivity index is 1.39.